The van der Waals surface area contributed by atoms with E-state index in [0.29, 0.717) is 5.69 Å². The molecule has 0 aromatic heterocycles. The maximum Gasteiger partial charge on any atom is 0.0532 e. The Morgan fingerprint density at radius 3 is 2.73 bits per heavy atom. The number of nitrogen functional groups attached to an aromatic ring is 1. The van der Waals surface area contributed by atoms with E-state index in [4.69, 9.17) is 5.73 Å². The molecule has 2 nitrogen and oxygen atoms in total. The molecule has 84 valence electrons. The Hall–Kier alpha value is -0.830. The van der Waals surface area contributed by atoms with Crippen LogP contribution in [0.15, 0.2) is 23.1 Å². The van der Waals surface area contributed by atoms with Gasteiger partial charge in [0.1, 0.15) is 0 Å². The number of hydrogen-bond acceptors (Lipinski definition) is 2. The maximum absolute atomic E-state index is 11.9. The van der Waals surface area contributed by atoms with Crippen LogP contribution in [0.1, 0.15) is 31.7 Å². The number of rotatable bonds is 5. The highest BCUT2D eigenvalue weighted by molar-refractivity contribution is 7.85. The second-order valence-corrected chi connectivity index (χ2v) is 5.32. The molecule has 0 saturated heterocycles. The third-order valence-electron chi connectivity index (χ3n) is 2.39. The van der Waals surface area contributed by atoms with Crippen LogP contribution in [0.25, 0.3) is 0 Å². The molecule has 0 radical (unpaired) electrons. The molecule has 3 heteroatoms. The summed E-state index contributed by atoms with van der Waals surface area (Å²) in [5, 5.41) is 0. The Bertz CT molecular complexity index is 349. The van der Waals surface area contributed by atoms with Crippen LogP contribution < -0.4 is 5.73 Å². The van der Waals surface area contributed by atoms with Crippen molar-refractivity contribution in [2.75, 3.05) is 11.5 Å². The SMILES string of the molecule is CCCCCS(=O)c1cc(N)ccc1C. The summed E-state index contributed by atoms with van der Waals surface area (Å²) < 4.78 is 11.9. The van der Waals surface area contributed by atoms with Crippen molar-refractivity contribution in [1.82, 2.24) is 0 Å². The average molecular weight is 225 g/mol. The van der Waals surface area contributed by atoms with E-state index in [1.165, 1.54) is 0 Å². The average Bonchev–Trinajstić information content (AvgIpc) is 2.22. The minimum Gasteiger partial charge on any atom is -0.399 e. The van der Waals surface area contributed by atoms with Crippen molar-refractivity contribution in [3.63, 3.8) is 0 Å². The van der Waals surface area contributed by atoms with Crippen molar-refractivity contribution >= 4 is 16.5 Å². The summed E-state index contributed by atoms with van der Waals surface area (Å²) in [7, 11) is -0.887. The molecule has 0 saturated carbocycles. The van der Waals surface area contributed by atoms with E-state index in [9.17, 15) is 4.21 Å². The van der Waals surface area contributed by atoms with E-state index < -0.39 is 10.8 Å². The van der Waals surface area contributed by atoms with E-state index in [0.717, 1.165) is 35.5 Å². The van der Waals surface area contributed by atoms with Gasteiger partial charge in [-0.2, -0.15) is 0 Å². The lowest BCUT2D eigenvalue weighted by molar-refractivity contribution is 0.676. The molecule has 0 spiro atoms. The molecular weight excluding hydrogens is 206 g/mol. The molecule has 1 rings (SSSR count). The Morgan fingerprint density at radius 1 is 1.33 bits per heavy atom. The van der Waals surface area contributed by atoms with E-state index in [2.05, 4.69) is 6.92 Å². The van der Waals surface area contributed by atoms with Crippen LogP contribution in [0, 0.1) is 6.92 Å². The van der Waals surface area contributed by atoms with Gasteiger partial charge in [0, 0.05) is 16.3 Å². The first-order chi connectivity index (χ1) is 7.15. The molecule has 2 N–H and O–H groups in total. The molecule has 1 aromatic rings. The Morgan fingerprint density at radius 2 is 2.07 bits per heavy atom. The molecule has 0 bridgehead atoms. The number of anilines is 1. The minimum atomic E-state index is -0.887. The van der Waals surface area contributed by atoms with E-state index in [-0.39, 0.29) is 0 Å². The van der Waals surface area contributed by atoms with Crippen LogP contribution in [-0.2, 0) is 10.8 Å². The quantitative estimate of drug-likeness (QED) is 0.618. The van der Waals surface area contributed by atoms with Crippen LogP contribution in [0.2, 0.25) is 0 Å². The van der Waals surface area contributed by atoms with Gasteiger partial charge in [-0.15, -0.1) is 0 Å². The first kappa shape index (κ1) is 12.2. The van der Waals surface area contributed by atoms with Gasteiger partial charge in [-0.05, 0) is 31.0 Å². The third kappa shape index (κ3) is 3.67. The number of aryl methyl sites for hydroxylation is 1. The summed E-state index contributed by atoms with van der Waals surface area (Å²) in [6.07, 6.45) is 3.33. The van der Waals surface area contributed by atoms with Crippen molar-refractivity contribution in [1.29, 1.82) is 0 Å². The fraction of sp³-hybridized carbons (Fsp3) is 0.500. The number of nitrogens with two attached hydrogens (primary N) is 1. The molecule has 15 heavy (non-hydrogen) atoms. The van der Waals surface area contributed by atoms with Gasteiger partial charge in [-0.1, -0.05) is 25.8 Å². The molecule has 0 fully saturated rings. The van der Waals surface area contributed by atoms with Crippen LogP contribution >= 0.6 is 0 Å². The van der Waals surface area contributed by atoms with Gasteiger partial charge < -0.3 is 5.73 Å². The van der Waals surface area contributed by atoms with Gasteiger partial charge in [0.25, 0.3) is 0 Å². The number of unbranched alkanes of at least 4 members (excludes halogenated alkanes) is 2. The highest BCUT2D eigenvalue weighted by Crippen LogP contribution is 2.17. The van der Waals surface area contributed by atoms with Crippen LogP contribution in [0.4, 0.5) is 5.69 Å². The summed E-state index contributed by atoms with van der Waals surface area (Å²) in [5.41, 5.74) is 7.45. The van der Waals surface area contributed by atoms with E-state index >= 15 is 0 Å². The number of hydrogen-bond donors (Lipinski definition) is 1. The first-order valence-electron chi connectivity index (χ1n) is 5.39. The molecule has 1 atom stereocenters. The van der Waals surface area contributed by atoms with Crippen molar-refractivity contribution in [2.24, 2.45) is 0 Å². The summed E-state index contributed by atoms with van der Waals surface area (Å²) in [6, 6.07) is 5.61. The van der Waals surface area contributed by atoms with E-state index in [1.807, 2.05) is 25.1 Å². The van der Waals surface area contributed by atoms with Crippen molar-refractivity contribution in [3.8, 4) is 0 Å². The smallest absolute Gasteiger partial charge is 0.0532 e. The van der Waals surface area contributed by atoms with Crippen LogP contribution in [0.3, 0.4) is 0 Å². The molecule has 0 amide bonds. The summed E-state index contributed by atoms with van der Waals surface area (Å²) in [6.45, 7) is 4.13. The lowest BCUT2D eigenvalue weighted by atomic mass is 10.2. The monoisotopic (exact) mass is 225 g/mol. The van der Waals surface area contributed by atoms with Gasteiger partial charge in [-0.3, -0.25) is 4.21 Å². The van der Waals surface area contributed by atoms with Gasteiger partial charge >= 0.3 is 0 Å². The van der Waals surface area contributed by atoms with Gasteiger partial charge in [-0.25, -0.2) is 0 Å². The van der Waals surface area contributed by atoms with Gasteiger partial charge in [0.15, 0.2) is 0 Å². The molecule has 1 aromatic carbocycles. The second kappa shape index (κ2) is 5.91. The zero-order valence-electron chi connectivity index (χ0n) is 9.45. The zero-order chi connectivity index (χ0) is 11.3. The Balaban J connectivity index is 2.68. The Labute approximate surface area is 94.3 Å². The first-order valence-corrected chi connectivity index (χ1v) is 6.71. The predicted molar refractivity (Wildman–Crippen MR) is 66.4 cm³/mol. The van der Waals surface area contributed by atoms with Crippen LogP contribution in [0.5, 0.6) is 0 Å². The summed E-state index contributed by atoms with van der Waals surface area (Å²) in [5.74, 6) is 0.748. The van der Waals surface area contributed by atoms with Crippen molar-refractivity contribution in [2.45, 2.75) is 38.0 Å². The zero-order valence-corrected chi connectivity index (χ0v) is 10.3. The molecule has 0 aliphatic heterocycles. The summed E-state index contributed by atoms with van der Waals surface area (Å²) in [4.78, 5) is 0.895. The molecular formula is C12H19NOS. The topological polar surface area (TPSA) is 43.1 Å². The lowest BCUT2D eigenvalue weighted by Crippen LogP contribution is -2.01. The normalized spacial score (nSPS) is 12.7. The minimum absolute atomic E-state index is 0.694. The Kier molecular flexibility index (Phi) is 4.82. The predicted octanol–water partition coefficient (Wildman–Crippen LogP) is 2.88. The van der Waals surface area contributed by atoms with E-state index in [1.54, 1.807) is 0 Å². The lowest BCUT2D eigenvalue weighted by Gasteiger charge is -2.06. The molecule has 0 heterocycles. The third-order valence-corrected chi connectivity index (χ3v) is 3.98. The van der Waals surface area contributed by atoms with Crippen LogP contribution in [-0.4, -0.2) is 9.96 Å². The molecule has 1 unspecified atom stereocenters. The summed E-state index contributed by atoms with van der Waals surface area (Å²) >= 11 is 0. The fourth-order valence-electron chi connectivity index (χ4n) is 1.46. The van der Waals surface area contributed by atoms with Gasteiger partial charge in [0.05, 0.1) is 10.8 Å². The fourth-order valence-corrected chi connectivity index (χ4v) is 2.84. The van der Waals surface area contributed by atoms with Gasteiger partial charge in [0.2, 0.25) is 0 Å². The molecule has 0 aliphatic carbocycles. The highest BCUT2D eigenvalue weighted by atomic mass is 32.2. The van der Waals surface area contributed by atoms with Crippen molar-refractivity contribution < 1.29 is 4.21 Å². The maximum atomic E-state index is 11.9. The standard InChI is InChI=1S/C12H19NOS/c1-3-4-5-8-15(14)12-9-11(13)7-6-10(12)2/h6-7,9H,3-5,8,13H2,1-2H3. The number of benzene rings is 1. The van der Waals surface area contributed by atoms with Crippen molar-refractivity contribution in [3.05, 3.63) is 23.8 Å². The second-order valence-electron chi connectivity index (χ2n) is 3.78. The molecule has 0 aliphatic rings. The largest absolute Gasteiger partial charge is 0.399 e. The highest BCUT2D eigenvalue weighted by Gasteiger charge is 2.07.